The van der Waals surface area contributed by atoms with Gasteiger partial charge in [-0.3, -0.25) is 9.36 Å². The fourth-order valence-electron chi connectivity index (χ4n) is 3.28. The molecule has 0 saturated carbocycles. The van der Waals surface area contributed by atoms with Gasteiger partial charge in [0, 0.05) is 0 Å². The molecule has 0 radical (unpaired) electrons. The van der Waals surface area contributed by atoms with Crippen molar-refractivity contribution in [3.8, 4) is 11.8 Å². The third-order valence-corrected chi connectivity index (χ3v) is 4.60. The molecule has 1 aromatic heterocycles. The Labute approximate surface area is 183 Å². The highest BCUT2D eigenvalue weighted by Gasteiger charge is 2.24. The minimum Gasteiger partial charge on any atom is -0.444 e. The van der Waals surface area contributed by atoms with Crippen LogP contribution in [0, 0.1) is 29.9 Å². The van der Waals surface area contributed by atoms with Crippen LogP contribution < -0.4 is 10.9 Å². The first-order valence-corrected chi connectivity index (χ1v) is 9.83. The number of amides is 1. The second kappa shape index (κ2) is 8.38. The molecular formula is C23H22F2N4O3. The summed E-state index contributed by atoms with van der Waals surface area (Å²) in [6.45, 7) is 8.23. The smallest absolute Gasteiger partial charge is 0.408 e. The van der Waals surface area contributed by atoms with Gasteiger partial charge in [-0.15, -0.1) is 0 Å². The van der Waals surface area contributed by atoms with Gasteiger partial charge in [0.25, 0.3) is 5.56 Å². The first-order valence-electron chi connectivity index (χ1n) is 9.83. The van der Waals surface area contributed by atoms with Crippen LogP contribution in [-0.2, 0) is 4.74 Å². The van der Waals surface area contributed by atoms with Crippen molar-refractivity contribution < 1.29 is 18.3 Å². The number of carbonyl (C=O) groups excluding carboxylic acids is 1. The number of nitrogens with one attached hydrogen (secondary N) is 1. The normalized spacial score (nSPS) is 12.3. The Balaban J connectivity index is 2.29. The van der Waals surface area contributed by atoms with Crippen LogP contribution in [0.2, 0.25) is 0 Å². The van der Waals surface area contributed by atoms with Crippen LogP contribution in [0.3, 0.4) is 0 Å². The predicted molar refractivity (Wildman–Crippen MR) is 114 cm³/mol. The first kappa shape index (κ1) is 22.9. The molecule has 0 fully saturated rings. The highest BCUT2D eigenvalue weighted by Crippen LogP contribution is 2.23. The lowest BCUT2D eigenvalue weighted by molar-refractivity contribution is 0.0505. The van der Waals surface area contributed by atoms with Gasteiger partial charge in [0.2, 0.25) is 0 Å². The molecule has 166 valence electrons. The van der Waals surface area contributed by atoms with Crippen molar-refractivity contribution in [1.82, 2.24) is 14.9 Å². The van der Waals surface area contributed by atoms with E-state index >= 15 is 0 Å². The highest BCUT2D eigenvalue weighted by atomic mass is 19.1. The van der Waals surface area contributed by atoms with E-state index in [0.29, 0.717) is 5.56 Å². The number of ether oxygens (including phenoxy) is 1. The van der Waals surface area contributed by atoms with Gasteiger partial charge in [-0.05, 0) is 64.4 Å². The van der Waals surface area contributed by atoms with Crippen molar-refractivity contribution in [2.75, 3.05) is 0 Å². The van der Waals surface area contributed by atoms with Crippen LogP contribution in [0.1, 0.15) is 50.7 Å². The molecule has 0 aliphatic rings. The van der Waals surface area contributed by atoms with Gasteiger partial charge in [-0.25, -0.2) is 18.6 Å². The molecular weight excluding hydrogens is 418 g/mol. The molecule has 32 heavy (non-hydrogen) atoms. The fourth-order valence-corrected chi connectivity index (χ4v) is 3.28. The molecule has 2 aromatic carbocycles. The third-order valence-electron chi connectivity index (χ3n) is 4.60. The van der Waals surface area contributed by atoms with Gasteiger partial charge in [0.05, 0.1) is 28.7 Å². The van der Waals surface area contributed by atoms with Crippen LogP contribution >= 0.6 is 0 Å². The minimum atomic E-state index is -0.921. The van der Waals surface area contributed by atoms with E-state index in [9.17, 15) is 23.6 Å². The topological polar surface area (TPSA) is 97.0 Å². The molecule has 1 atom stereocenters. The Morgan fingerprint density at radius 1 is 1.25 bits per heavy atom. The molecule has 0 saturated heterocycles. The second-order valence-electron chi connectivity index (χ2n) is 8.38. The van der Waals surface area contributed by atoms with E-state index in [4.69, 9.17) is 4.74 Å². The van der Waals surface area contributed by atoms with Crippen LogP contribution in [0.5, 0.6) is 0 Å². The molecule has 1 heterocycles. The van der Waals surface area contributed by atoms with E-state index in [1.807, 2.05) is 6.07 Å². The summed E-state index contributed by atoms with van der Waals surface area (Å²) in [4.78, 5) is 30.1. The van der Waals surface area contributed by atoms with Crippen LogP contribution in [0.4, 0.5) is 13.6 Å². The van der Waals surface area contributed by atoms with Gasteiger partial charge in [0.15, 0.2) is 0 Å². The van der Waals surface area contributed by atoms with Crippen molar-refractivity contribution in [2.45, 2.75) is 46.3 Å². The molecule has 1 N–H and O–H groups in total. The molecule has 7 nitrogen and oxygen atoms in total. The summed E-state index contributed by atoms with van der Waals surface area (Å²) in [5, 5.41) is 11.8. The number of fused-ring (bicyclic) bond motifs is 1. The molecule has 0 unspecified atom stereocenters. The largest absolute Gasteiger partial charge is 0.444 e. The van der Waals surface area contributed by atoms with Crippen LogP contribution in [0.15, 0.2) is 35.1 Å². The number of alkyl carbamates (subject to hydrolysis) is 1. The quantitative estimate of drug-likeness (QED) is 0.650. The molecule has 9 heteroatoms. The first-order chi connectivity index (χ1) is 14.9. The summed E-state index contributed by atoms with van der Waals surface area (Å²) < 4.78 is 35.1. The van der Waals surface area contributed by atoms with Crippen molar-refractivity contribution in [3.05, 3.63) is 69.3 Å². The van der Waals surface area contributed by atoms with Crippen molar-refractivity contribution in [3.63, 3.8) is 0 Å². The summed E-state index contributed by atoms with van der Waals surface area (Å²) >= 11 is 0. The minimum absolute atomic E-state index is 0.0123. The molecule has 0 spiro atoms. The van der Waals surface area contributed by atoms with E-state index in [0.717, 1.165) is 16.7 Å². The molecule has 3 aromatic rings. The zero-order valence-electron chi connectivity index (χ0n) is 18.3. The second-order valence-corrected chi connectivity index (χ2v) is 8.38. The number of halogens is 2. The maximum Gasteiger partial charge on any atom is 0.408 e. The van der Waals surface area contributed by atoms with Crippen LogP contribution in [0.25, 0.3) is 16.6 Å². The maximum absolute atomic E-state index is 14.6. The molecule has 0 aliphatic heterocycles. The Morgan fingerprint density at radius 2 is 1.94 bits per heavy atom. The third kappa shape index (κ3) is 4.59. The Kier molecular flexibility index (Phi) is 5.99. The summed E-state index contributed by atoms with van der Waals surface area (Å²) in [5.41, 5.74) is -1.11. The van der Waals surface area contributed by atoms with E-state index in [1.165, 1.54) is 25.1 Å². The number of aryl methyl sites for hydroxylation is 1. The summed E-state index contributed by atoms with van der Waals surface area (Å²) in [5.74, 6) is -1.49. The number of hydrogen-bond donors (Lipinski definition) is 1. The molecule has 3 rings (SSSR count). The van der Waals surface area contributed by atoms with Gasteiger partial charge >= 0.3 is 6.09 Å². The van der Waals surface area contributed by atoms with Crippen molar-refractivity contribution in [1.29, 1.82) is 5.26 Å². The summed E-state index contributed by atoms with van der Waals surface area (Å²) in [7, 11) is 0. The van der Waals surface area contributed by atoms with E-state index < -0.39 is 34.9 Å². The molecule has 0 bridgehead atoms. The lowest BCUT2D eigenvalue weighted by Gasteiger charge is -2.23. The Hall–Kier alpha value is -3.80. The monoisotopic (exact) mass is 440 g/mol. The van der Waals surface area contributed by atoms with Crippen molar-refractivity contribution >= 4 is 17.0 Å². The van der Waals surface area contributed by atoms with Gasteiger partial charge in [0.1, 0.15) is 28.6 Å². The number of nitrogens with zero attached hydrogens (tertiary/aromatic N) is 3. The van der Waals surface area contributed by atoms with Gasteiger partial charge in [-0.2, -0.15) is 5.26 Å². The predicted octanol–water partition coefficient (Wildman–Crippen LogP) is 4.43. The average molecular weight is 440 g/mol. The van der Waals surface area contributed by atoms with Gasteiger partial charge in [-0.1, -0.05) is 6.07 Å². The highest BCUT2D eigenvalue weighted by molar-refractivity contribution is 5.82. The average Bonchev–Trinajstić information content (AvgIpc) is 2.68. The number of hydrogen-bond acceptors (Lipinski definition) is 5. The molecule has 1 amide bonds. The Bertz CT molecular complexity index is 1320. The summed E-state index contributed by atoms with van der Waals surface area (Å²) in [6.07, 6.45) is -0.771. The Morgan fingerprint density at radius 3 is 2.56 bits per heavy atom. The summed E-state index contributed by atoms with van der Waals surface area (Å²) in [6, 6.07) is 6.96. The zero-order valence-corrected chi connectivity index (χ0v) is 18.3. The SMILES string of the molecule is Cc1ccc(F)c2nc([C@H](C)NC(=O)OC(C)(C)C)n(-c3cc(F)cc(C#N)c3)c(=O)c12. The number of benzene rings is 2. The number of rotatable bonds is 3. The zero-order chi connectivity index (χ0) is 23.8. The number of carbonyl (C=O) groups is 1. The van der Waals surface area contributed by atoms with Gasteiger partial charge < -0.3 is 10.1 Å². The van der Waals surface area contributed by atoms with E-state index in [2.05, 4.69) is 10.3 Å². The number of nitriles is 1. The van der Waals surface area contributed by atoms with E-state index in [-0.39, 0.29) is 28.0 Å². The fraction of sp³-hybridized carbons (Fsp3) is 0.304. The van der Waals surface area contributed by atoms with E-state index in [1.54, 1.807) is 27.7 Å². The molecule has 0 aliphatic carbocycles. The van der Waals surface area contributed by atoms with Crippen molar-refractivity contribution in [2.24, 2.45) is 0 Å². The van der Waals surface area contributed by atoms with Crippen LogP contribution in [-0.4, -0.2) is 21.2 Å². The lowest BCUT2D eigenvalue weighted by atomic mass is 10.1. The standard InChI is InChI=1S/C23H22F2N4O3/c1-12-6-7-17(25)19-18(12)21(30)29(16-9-14(11-26)8-15(24)10-16)20(28-19)13(2)27-22(31)32-23(3,4)5/h6-10,13H,1-5H3,(H,27,31)/t13-/m0/s1. The maximum atomic E-state index is 14.6. The lowest BCUT2D eigenvalue weighted by Crippen LogP contribution is -2.37. The number of aromatic nitrogens is 2.